The van der Waals surface area contributed by atoms with Gasteiger partial charge in [-0.25, -0.2) is 0 Å². The average molecular weight is 318 g/mol. The molecule has 2 saturated heterocycles. The van der Waals surface area contributed by atoms with Gasteiger partial charge in [0, 0.05) is 25.7 Å². The number of rotatable bonds is 6. The molecule has 2 aliphatic heterocycles. The predicted molar refractivity (Wildman–Crippen MR) is 92.6 cm³/mol. The summed E-state index contributed by atoms with van der Waals surface area (Å²) in [6, 6.07) is 8.82. The normalized spacial score (nSPS) is 27.0. The summed E-state index contributed by atoms with van der Waals surface area (Å²) in [5.41, 5.74) is 7.42. The van der Waals surface area contributed by atoms with E-state index in [1.54, 1.807) is 0 Å². The molecule has 0 aliphatic carbocycles. The summed E-state index contributed by atoms with van der Waals surface area (Å²) >= 11 is 0. The first-order chi connectivity index (χ1) is 11.2. The lowest BCUT2D eigenvalue weighted by Crippen LogP contribution is -2.41. The maximum Gasteiger partial charge on any atom is 0.119 e. The molecule has 3 rings (SSSR count). The van der Waals surface area contributed by atoms with Crippen LogP contribution in [0.15, 0.2) is 24.3 Å². The van der Waals surface area contributed by atoms with Crippen LogP contribution in [-0.2, 0) is 11.3 Å². The van der Waals surface area contributed by atoms with Gasteiger partial charge in [0.15, 0.2) is 0 Å². The molecule has 128 valence electrons. The summed E-state index contributed by atoms with van der Waals surface area (Å²) in [6.45, 7) is 6.99. The average Bonchev–Trinajstić information content (AvgIpc) is 3.08. The second kappa shape index (κ2) is 8.13. The highest BCUT2D eigenvalue weighted by atomic mass is 16.5. The van der Waals surface area contributed by atoms with Crippen molar-refractivity contribution in [1.82, 2.24) is 4.90 Å². The molecule has 23 heavy (non-hydrogen) atoms. The molecule has 3 unspecified atom stereocenters. The van der Waals surface area contributed by atoms with Crippen LogP contribution in [0.3, 0.4) is 0 Å². The lowest BCUT2D eigenvalue weighted by molar-refractivity contribution is 0.0679. The van der Waals surface area contributed by atoms with Crippen molar-refractivity contribution in [3.8, 4) is 5.75 Å². The second-order valence-corrected chi connectivity index (χ2v) is 7.09. The molecule has 2 heterocycles. The molecule has 2 N–H and O–H groups in total. The van der Waals surface area contributed by atoms with Gasteiger partial charge in [0.25, 0.3) is 0 Å². The second-order valence-electron chi connectivity index (χ2n) is 7.09. The minimum absolute atomic E-state index is 0.276. The molecule has 2 fully saturated rings. The number of hydrogen-bond donors (Lipinski definition) is 1. The van der Waals surface area contributed by atoms with E-state index >= 15 is 0 Å². The van der Waals surface area contributed by atoms with Gasteiger partial charge in [-0.05, 0) is 62.8 Å². The van der Waals surface area contributed by atoms with Crippen LogP contribution in [0.1, 0.15) is 38.2 Å². The highest BCUT2D eigenvalue weighted by molar-refractivity contribution is 5.27. The van der Waals surface area contributed by atoms with Gasteiger partial charge in [0.1, 0.15) is 12.4 Å². The standard InChI is InChI=1S/C19H30N2O2/c1-15(20)17-4-2-10-21(13-17)12-16-6-8-18(9-7-16)23-14-19-5-3-11-22-19/h6-9,15,17,19H,2-5,10-14,20H2,1H3. The molecule has 0 bridgehead atoms. The monoisotopic (exact) mass is 318 g/mol. The van der Waals surface area contributed by atoms with Gasteiger partial charge in [0.05, 0.1) is 6.10 Å². The van der Waals surface area contributed by atoms with E-state index in [0.717, 1.165) is 38.3 Å². The van der Waals surface area contributed by atoms with Gasteiger partial charge in [-0.1, -0.05) is 12.1 Å². The summed E-state index contributed by atoms with van der Waals surface area (Å²) in [6.07, 6.45) is 5.08. The summed E-state index contributed by atoms with van der Waals surface area (Å²) < 4.78 is 11.4. The zero-order valence-electron chi connectivity index (χ0n) is 14.2. The molecule has 0 radical (unpaired) electrons. The Labute approximate surface area is 139 Å². The number of ether oxygens (including phenoxy) is 2. The van der Waals surface area contributed by atoms with E-state index in [4.69, 9.17) is 15.2 Å². The summed E-state index contributed by atoms with van der Waals surface area (Å²) in [5, 5.41) is 0. The summed E-state index contributed by atoms with van der Waals surface area (Å²) in [5.74, 6) is 1.58. The fraction of sp³-hybridized carbons (Fsp3) is 0.684. The van der Waals surface area contributed by atoms with Crippen LogP contribution in [0.5, 0.6) is 5.75 Å². The van der Waals surface area contributed by atoms with Crippen LogP contribution in [0.4, 0.5) is 0 Å². The molecule has 1 aromatic carbocycles. The zero-order chi connectivity index (χ0) is 16.1. The highest BCUT2D eigenvalue weighted by Crippen LogP contribution is 2.22. The molecule has 0 saturated carbocycles. The zero-order valence-corrected chi connectivity index (χ0v) is 14.2. The molecule has 0 amide bonds. The Bertz CT molecular complexity index is 469. The van der Waals surface area contributed by atoms with E-state index in [1.165, 1.54) is 24.9 Å². The maximum absolute atomic E-state index is 6.07. The van der Waals surface area contributed by atoms with E-state index < -0.39 is 0 Å². The van der Waals surface area contributed by atoms with E-state index in [1.807, 2.05) is 0 Å². The fourth-order valence-corrected chi connectivity index (χ4v) is 3.58. The molecule has 3 atom stereocenters. The molecular formula is C19H30N2O2. The number of likely N-dealkylation sites (tertiary alicyclic amines) is 1. The van der Waals surface area contributed by atoms with Gasteiger partial charge >= 0.3 is 0 Å². The first-order valence-corrected chi connectivity index (χ1v) is 9.02. The Kier molecular flexibility index (Phi) is 5.92. The Morgan fingerprint density at radius 1 is 1.26 bits per heavy atom. The van der Waals surface area contributed by atoms with Crippen molar-refractivity contribution in [1.29, 1.82) is 0 Å². The highest BCUT2D eigenvalue weighted by Gasteiger charge is 2.22. The number of piperidine rings is 1. The minimum Gasteiger partial charge on any atom is -0.491 e. The Morgan fingerprint density at radius 2 is 2.09 bits per heavy atom. The topological polar surface area (TPSA) is 47.7 Å². The quantitative estimate of drug-likeness (QED) is 0.876. The van der Waals surface area contributed by atoms with Gasteiger partial charge in [0.2, 0.25) is 0 Å². The Morgan fingerprint density at radius 3 is 2.78 bits per heavy atom. The molecule has 2 aliphatic rings. The van der Waals surface area contributed by atoms with Gasteiger partial charge < -0.3 is 15.2 Å². The lowest BCUT2D eigenvalue weighted by atomic mass is 9.92. The first kappa shape index (κ1) is 16.7. The molecule has 1 aromatic rings. The van der Waals surface area contributed by atoms with Gasteiger partial charge in [-0.3, -0.25) is 4.90 Å². The minimum atomic E-state index is 0.276. The van der Waals surface area contributed by atoms with Crippen molar-refractivity contribution in [3.05, 3.63) is 29.8 Å². The van der Waals surface area contributed by atoms with Gasteiger partial charge in [-0.15, -0.1) is 0 Å². The van der Waals surface area contributed by atoms with E-state index in [-0.39, 0.29) is 6.10 Å². The number of hydrogen-bond acceptors (Lipinski definition) is 4. The van der Waals surface area contributed by atoms with Crippen LogP contribution in [0.25, 0.3) is 0 Å². The maximum atomic E-state index is 6.07. The van der Waals surface area contributed by atoms with Crippen LogP contribution in [0, 0.1) is 5.92 Å². The first-order valence-electron chi connectivity index (χ1n) is 9.02. The number of nitrogens with zero attached hydrogens (tertiary/aromatic N) is 1. The van der Waals surface area contributed by atoms with Crippen LogP contribution >= 0.6 is 0 Å². The third-order valence-electron chi connectivity index (χ3n) is 5.07. The van der Waals surface area contributed by atoms with E-state index in [9.17, 15) is 0 Å². The summed E-state index contributed by atoms with van der Waals surface area (Å²) in [7, 11) is 0. The molecule has 4 heteroatoms. The molecular weight excluding hydrogens is 288 g/mol. The van der Waals surface area contributed by atoms with E-state index in [0.29, 0.717) is 18.6 Å². The largest absolute Gasteiger partial charge is 0.491 e. The Balaban J connectivity index is 1.47. The number of nitrogens with two attached hydrogens (primary N) is 1. The van der Waals surface area contributed by atoms with Crippen molar-refractivity contribution < 1.29 is 9.47 Å². The fourth-order valence-electron chi connectivity index (χ4n) is 3.58. The van der Waals surface area contributed by atoms with Crippen molar-refractivity contribution in [3.63, 3.8) is 0 Å². The molecule has 0 aromatic heterocycles. The van der Waals surface area contributed by atoms with Gasteiger partial charge in [-0.2, -0.15) is 0 Å². The number of benzene rings is 1. The van der Waals surface area contributed by atoms with Crippen molar-refractivity contribution in [2.45, 2.75) is 51.3 Å². The molecule has 4 nitrogen and oxygen atoms in total. The molecule has 0 spiro atoms. The third-order valence-corrected chi connectivity index (χ3v) is 5.07. The van der Waals surface area contributed by atoms with Crippen LogP contribution < -0.4 is 10.5 Å². The van der Waals surface area contributed by atoms with E-state index in [2.05, 4.69) is 36.1 Å². The van der Waals surface area contributed by atoms with Crippen molar-refractivity contribution in [2.24, 2.45) is 11.7 Å². The third kappa shape index (κ3) is 4.93. The van der Waals surface area contributed by atoms with Crippen LogP contribution in [-0.4, -0.2) is 43.3 Å². The van der Waals surface area contributed by atoms with Crippen molar-refractivity contribution in [2.75, 3.05) is 26.3 Å². The summed E-state index contributed by atoms with van der Waals surface area (Å²) in [4.78, 5) is 2.53. The lowest BCUT2D eigenvalue weighted by Gasteiger charge is -2.34. The SMILES string of the molecule is CC(N)C1CCCN(Cc2ccc(OCC3CCCO3)cc2)C1. The van der Waals surface area contributed by atoms with Crippen molar-refractivity contribution >= 4 is 0 Å². The van der Waals surface area contributed by atoms with Crippen LogP contribution in [0.2, 0.25) is 0 Å². The smallest absolute Gasteiger partial charge is 0.119 e. The predicted octanol–water partition coefficient (Wildman–Crippen LogP) is 2.80. The Hall–Kier alpha value is -1.10.